The fourth-order valence-corrected chi connectivity index (χ4v) is 7.43. The zero-order valence-electron chi connectivity index (χ0n) is 27.0. The van der Waals surface area contributed by atoms with Crippen LogP contribution in [0.3, 0.4) is 0 Å². The molecule has 7 nitrogen and oxygen atoms in total. The highest BCUT2D eigenvalue weighted by molar-refractivity contribution is 6.74. The lowest BCUT2D eigenvalue weighted by Crippen LogP contribution is -2.59. The van der Waals surface area contributed by atoms with Gasteiger partial charge in [0.1, 0.15) is 6.10 Å². The first-order valence-electron chi connectivity index (χ1n) is 15.0. The van der Waals surface area contributed by atoms with Crippen LogP contribution in [0.25, 0.3) is 0 Å². The molecule has 0 aliphatic carbocycles. The van der Waals surface area contributed by atoms with E-state index in [0.717, 1.165) is 5.56 Å². The standard InChI is InChI=1S/C31H56O7Si2/c1-21-28(38-40(11,12)31(6,7)8)24(32)18-27(35-21)36-29-22(2)34-26(33-20-23-16-14-13-15-17-23)19-25(29)37-39(9,10)30(3,4)5/h13-17,21-22,24-29,32H,18-20H2,1-12H3/t21-,22-,24-,25-,26-,27+,28-,29-/m1/s1. The number of ether oxygens (including phenoxy) is 4. The first-order chi connectivity index (χ1) is 18.3. The average molecular weight is 597 g/mol. The number of hydrogen-bond donors (Lipinski definition) is 1. The first kappa shape index (κ1) is 33.9. The van der Waals surface area contributed by atoms with Crippen molar-refractivity contribution in [1.82, 2.24) is 0 Å². The predicted molar refractivity (Wildman–Crippen MR) is 164 cm³/mol. The van der Waals surface area contributed by atoms with Crippen LogP contribution in [0.1, 0.15) is 73.8 Å². The molecule has 1 aromatic carbocycles. The van der Waals surface area contributed by atoms with E-state index in [1.807, 2.05) is 32.0 Å². The molecular weight excluding hydrogens is 541 g/mol. The van der Waals surface area contributed by atoms with Gasteiger partial charge in [0.25, 0.3) is 0 Å². The van der Waals surface area contributed by atoms with Gasteiger partial charge in [-0.15, -0.1) is 0 Å². The van der Waals surface area contributed by atoms with Crippen molar-refractivity contribution in [2.75, 3.05) is 0 Å². The Labute approximate surface area is 245 Å². The largest absolute Gasteiger partial charge is 0.411 e. The molecule has 0 saturated carbocycles. The second-order valence-electron chi connectivity index (χ2n) is 14.7. The maximum Gasteiger partial charge on any atom is 0.192 e. The summed E-state index contributed by atoms with van der Waals surface area (Å²) in [6.07, 6.45) is -2.28. The lowest BCUT2D eigenvalue weighted by molar-refractivity contribution is -0.310. The Bertz CT molecular complexity index is 916. The van der Waals surface area contributed by atoms with Gasteiger partial charge < -0.3 is 32.9 Å². The summed E-state index contributed by atoms with van der Waals surface area (Å²) in [5.74, 6) is 0. The van der Waals surface area contributed by atoms with E-state index >= 15 is 0 Å². The van der Waals surface area contributed by atoms with E-state index < -0.39 is 35.3 Å². The zero-order valence-corrected chi connectivity index (χ0v) is 29.0. The smallest absolute Gasteiger partial charge is 0.192 e. The second kappa shape index (κ2) is 12.9. The van der Waals surface area contributed by atoms with Crippen molar-refractivity contribution in [3.63, 3.8) is 0 Å². The molecule has 0 amide bonds. The van der Waals surface area contributed by atoms with Crippen LogP contribution in [0.15, 0.2) is 30.3 Å². The van der Waals surface area contributed by atoms with Gasteiger partial charge in [-0.3, -0.25) is 0 Å². The van der Waals surface area contributed by atoms with Crippen LogP contribution >= 0.6 is 0 Å². The number of hydrogen-bond acceptors (Lipinski definition) is 7. The van der Waals surface area contributed by atoms with Gasteiger partial charge >= 0.3 is 0 Å². The normalized spacial score (nSPS) is 32.7. The summed E-state index contributed by atoms with van der Waals surface area (Å²) < 4.78 is 39.0. The third-order valence-corrected chi connectivity index (χ3v) is 18.3. The molecule has 2 aliphatic heterocycles. The van der Waals surface area contributed by atoms with Gasteiger partial charge in [-0.2, -0.15) is 0 Å². The summed E-state index contributed by atoms with van der Waals surface area (Å²) in [7, 11) is -4.20. The van der Waals surface area contributed by atoms with Crippen molar-refractivity contribution in [2.24, 2.45) is 0 Å². The van der Waals surface area contributed by atoms with Crippen LogP contribution in [0.2, 0.25) is 36.3 Å². The minimum absolute atomic E-state index is 0.0415. The fraction of sp³-hybridized carbons (Fsp3) is 0.806. The maximum absolute atomic E-state index is 11.2. The maximum atomic E-state index is 11.2. The predicted octanol–water partition coefficient (Wildman–Crippen LogP) is 7.00. The van der Waals surface area contributed by atoms with Crippen LogP contribution < -0.4 is 0 Å². The van der Waals surface area contributed by atoms with Gasteiger partial charge in [-0.25, -0.2) is 0 Å². The third-order valence-electron chi connectivity index (χ3n) is 9.34. The van der Waals surface area contributed by atoms with E-state index in [1.54, 1.807) is 0 Å². The molecule has 1 aromatic rings. The summed E-state index contributed by atoms with van der Waals surface area (Å²) in [5, 5.41) is 11.3. The van der Waals surface area contributed by atoms with Crippen LogP contribution in [-0.4, -0.2) is 70.9 Å². The Kier molecular flexibility index (Phi) is 11.0. The lowest BCUT2D eigenvalue weighted by Gasteiger charge is -2.48. The third kappa shape index (κ3) is 8.48. The highest BCUT2D eigenvalue weighted by atomic mass is 28.4. The van der Waals surface area contributed by atoms with Crippen molar-refractivity contribution >= 4 is 16.6 Å². The SMILES string of the molecule is C[C@H]1O[C@@H](OCc2ccccc2)C[C@@H](O[Si](C)(C)C(C)(C)C)[C@@H]1O[C@H]1C[C@@H](O)[C@H](O[Si](C)(C)C(C)(C)C)[C@@H](C)O1. The first-order valence-corrected chi connectivity index (χ1v) is 20.8. The molecule has 2 heterocycles. The van der Waals surface area contributed by atoms with Crippen molar-refractivity contribution in [3.05, 3.63) is 35.9 Å². The zero-order chi connectivity index (χ0) is 30.1. The second-order valence-corrected chi connectivity index (χ2v) is 24.2. The Hall–Kier alpha value is -0.626. The molecule has 0 bridgehead atoms. The van der Waals surface area contributed by atoms with Crippen molar-refractivity contribution in [1.29, 1.82) is 0 Å². The molecule has 0 aromatic heterocycles. The summed E-state index contributed by atoms with van der Waals surface area (Å²) in [6.45, 7) is 26.7. The monoisotopic (exact) mass is 596 g/mol. The molecule has 8 atom stereocenters. The van der Waals surface area contributed by atoms with Crippen LogP contribution in [-0.2, 0) is 34.4 Å². The summed E-state index contributed by atoms with van der Waals surface area (Å²) >= 11 is 0. The molecule has 230 valence electrons. The van der Waals surface area contributed by atoms with Gasteiger partial charge in [0, 0.05) is 12.8 Å². The van der Waals surface area contributed by atoms with Crippen LogP contribution in [0.4, 0.5) is 0 Å². The van der Waals surface area contributed by atoms with Gasteiger partial charge in [-0.1, -0.05) is 71.9 Å². The van der Waals surface area contributed by atoms with Crippen molar-refractivity contribution < 1.29 is 32.9 Å². The van der Waals surface area contributed by atoms with Gasteiger partial charge in [-0.05, 0) is 55.7 Å². The van der Waals surface area contributed by atoms with Gasteiger partial charge in [0.2, 0.25) is 0 Å². The molecule has 3 rings (SSSR count). The number of aliphatic hydroxyl groups excluding tert-OH is 1. The minimum Gasteiger partial charge on any atom is -0.411 e. The molecule has 2 saturated heterocycles. The van der Waals surface area contributed by atoms with E-state index in [4.69, 9.17) is 27.8 Å². The lowest BCUT2D eigenvalue weighted by atomic mass is 10.0. The Morgan fingerprint density at radius 3 is 1.85 bits per heavy atom. The van der Waals surface area contributed by atoms with E-state index in [0.29, 0.717) is 19.4 Å². The molecule has 40 heavy (non-hydrogen) atoms. The van der Waals surface area contributed by atoms with Crippen molar-refractivity contribution in [3.8, 4) is 0 Å². The van der Waals surface area contributed by atoms with Crippen molar-refractivity contribution in [2.45, 2.75) is 160 Å². The molecule has 0 unspecified atom stereocenters. The Morgan fingerprint density at radius 2 is 1.30 bits per heavy atom. The molecule has 2 fully saturated rings. The molecule has 0 radical (unpaired) electrons. The number of rotatable bonds is 9. The van der Waals surface area contributed by atoms with E-state index in [1.165, 1.54) is 0 Å². The topological polar surface area (TPSA) is 75.6 Å². The number of aliphatic hydroxyl groups is 1. The van der Waals surface area contributed by atoms with Gasteiger partial charge in [0.15, 0.2) is 29.2 Å². The quantitative estimate of drug-likeness (QED) is 0.308. The molecule has 9 heteroatoms. The van der Waals surface area contributed by atoms with E-state index in [2.05, 4.69) is 79.9 Å². The van der Waals surface area contributed by atoms with E-state index in [9.17, 15) is 5.11 Å². The Morgan fingerprint density at radius 1 is 0.775 bits per heavy atom. The molecule has 1 N–H and O–H groups in total. The van der Waals surface area contributed by atoms with Crippen LogP contribution in [0.5, 0.6) is 0 Å². The fourth-order valence-electron chi connectivity index (χ4n) is 4.71. The van der Waals surface area contributed by atoms with Gasteiger partial charge in [0.05, 0.1) is 37.1 Å². The highest BCUT2D eigenvalue weighted by Gasteiger charge is 2.49. The van der Waals surface area contributed by atoms with Crippen LogP contribution in [0, 0.1) is 0 Å². The summed E-state index contributed by atoms with van der Waals surface area (Å²) in [6, 6.07) is 10.1. The highest BCUT2D eigenvalue weighted by Crippen LogP contribution is 2.42. The number of benzene rings is 1. The summed E-state index contributed by atoms with van der Waals surface area (Å²) in [5.41, 5.74) is 1.10. The average Bonchev–Trinajstić information content (AvgIpc) is 2.81. The Balaban J connectivity index is 1.72. The molecule has 2 aliphatic rings. The summed E-state index contributed by atoms with van der Waals surface area (Å²) in [4.78, 5) is 0. The van der Waals surface area contributed by atoms with E-state index in [-0.39, 0.29) is 40.6 Å². The molecule has 0 spiro atoms. The molecular formula is C31H56O7Si2. The minimum atomic E-state index is -2.13.